The van der Waals surface area contributed by atoms with E-state index in [1.807, 2.05) is 5.06 Å². The molecule has 1 aliphatic rings. The maximum Gasteiger partial charge on any atom is 0.137 e. The first-order chi connectivity index (χ1) is 6.90. The molecule has 4 heteroatoms. The lowest BCUT2D eigenvalue weighted by atomic mass is 9.82. The number of piperidine rings is 1. The zero-order chi connectivity index (χ0) is 11.5. The van der Waals surface area contributed by atoms with Crippen molar-refractivity contribution in [2.75, 3.05) is 7.05 Å². The first-order valence-corrected chi connectivity index (χ1v) is 5.41. The van der Waals surface area contributed by atoms with Gasteiger partial charge >= 0.3 is 0 Å². The third-order valence-corrected chi connectivity index (χ3v) is 2.94. The van der Waals surface area contributed by atoms with Crippen molar-refractivity contribution in [3.8, 4) is 0 Å². The van der Waals surface area contributed by atoms with Crippen molar-refractivity contribution in [1.29, 1.82) is 0 Å². The molecule has 0 aromatic heterocycles. The molecule has 1 saturated heterocycles. The molecule has 0 atom stereocenters. The molecule has 86 valence electrons. The summed E-state index contributed by atoms with van der Waals surface area (Å²) in [5.41, 5.74) is 0.0291. The zero-order valence-corrected chi connectivity index (χ0v) is 10.4. The average molecular weight is 211 g/mol. The maximum atomic E-state index is 5.41. The fraction of sp³-hybridized carbons (Fsp3) is 0.909. The first kappa shape index (κ1) is 12.2. The van der Waals surface area contributed by atoms with Gasteiger partial charge in [-0.1, -0.05) is 0 Å². The Morgan fingerprint density at radius 1 is 1.13 bits per heavy atom. The van der Waals surface area contributed by atoms with Crippen LogP contribution in [0.3, 0.4) is 0 Å². The van der Waals surface area contributed by atoms with Gasteiger partial charge in [-0.3, -0.25) is 4.94 Å². The Hall–Kier alpha value is -0.860. The van der Waals surface area contributed by atoms with Gasteiger partial charge in [0.2, 0.25) is 0 Å². The zero-order valence-electron chi connectivity index (χ0n) is 10.4. The summed E-state index contributed by atoms with van der Waals surface area (Å²) in [5, 5.41) is 5.67. The lowest BCUT2D eigenvalue weighted by molar-refractivity contribution is -0.281. The van der Waals surface area contributed by atoms with Gasteiger partial charge in [0.1, 0.15) is 6.01 Å². The Kier molecular flexibility index (Phi) is 3.53. The van der Waals surface area contributed by atoms with Crippen LogP contribution in [-0.4, -0.2) is 29.2 Å². The predicted octanol–water partition coefficient (Wildman–Crippen LogP) is 2.68. The van der Waals surface area contributed by atoms with E-state index in [1.165, 1.54) is 6.42 Å². The van der Waals surface area contributed by atoms with Crippen molar-refractivity contribution in [3.05, 3.63) is 0 Å². The summed E-state index contributed by atoms with van der Waals surface area (Å²) in [6.45, 7) is 8.69. The van der Waals surface area contributed by atoms with Crippen molar-refractivity contribution in [1.82, 2.24) is 5.06 Å². The summed E-state index contributed by atoms with van der Waals surface area (Å²) in [6.07, 6.45) is 3.47. The van der Waals surface area contributed by atoms with Gasteiger partial charge in [-0.05, 0) is 47.0 Å². The fourth-order valence-corrected chi connectivity index (χ4v) is 2.30. The van der Waals surface area contributed by atoms with Crippen LogP contribution in [-0.2, 0) is 4.94 Å². The van der Waals surface area contributed by atoms with Crippen molar-refractivity contribution < 1.29 is 4.94 Å². The normalized spacial score (nSPS) is 24.1. The molecule has 0 N–H and O–H groups in total. The molecule has 1 aliphatic heterocycles. The second kappa shape index (κ2) is 4.33. The van der Waals surface area contributed by atoms with Crippen LogP contribution in [0, 0.1) is 0 Å². The molecule has 0 amide bonds. The lowest BCUT2D eigenvalue weighted by Gasteiger charge is -2.48. The van der Waals surface area contributed by atoms with E-state index < -0.39 is 0 Å². The molecule has 0 aromatic rings. The topological polar surface area (TPSA) is 37.2 Å². The van der Waals surface area contributed by atoms with Gasteiger partial charge in [0.05, 0.1) is 11.1 Å². The highest BCUT2D eigenvalue weighted by Crippen LogP contribution is 2.38. The van der Waals surface area contributed by atoms with Gasteiger partial charge in [0.15, 0.2) is 0 Å². The van der Waals surface area contributed by atoms with Crippen molar-refractivity contribution >= 4 is 6.01 Å². The second-order valence-corrected chi connectivity index (χ2v) is 5.27. The summed E-state index contributed by atoms with van der Waals surface area (Å²) in [7, 11) is 1.62. The van der Waals surface area contributed by atoms with E-state index in [9.17, 15) is 0 Å². The molecule has 1 fully saturated rings. The molecule has 0 saturated carbocycles. The molecule has 0 spiro atoms. The van der Waals surface area contributed by atoms with E-state index in [2.05, 4.69) is 43.9 Å². The standard InChI is InChI=1S/C11H21N3O/c1-10(2)7-6-8-11(3,4)14(10)15-13-9-12-5/h6-8H2,1-5H3. The fourth-order valence-electron chi connectivity index (χ4n) is 2.30. The molecule has 0 radical (unpaired) electrons. The van der Waals surface area contributed by atoms with Gasteiger partial charge in [0.25, 0.3) is 0 Å². The van der Waals surface area contributed by atoms with Gasteiger partial charge in [-0.15, -0.1) is 5.06 Å². The molecular formula is C11H21N3O. The number of hydrogen-bond donors (Lipinski definition) is 0. The van der Waals surface area contributed by atoms with E-state index in [0.29, 0.717) is 0 Å². The number of aliphatic imine (C=N–C) groups is 1. The van der Waals surface area contributed by atoms with Crippen LogP contribution >= 0.6 is 0 Å². The maximum absolute atomic E-state index is 5.41. The van der Waals surface area contributed by atoms with Crippen LogP contribution in [0.2, 0.25) is 0 Å². The Labute approximate surface area is 92.0 Å². The van der Waals surface area contributed by atoms with Crippen LogP contribution < -0.4 is 0 Å². The van der Waals surface area contributed by atoms with Crippen LogP contribution in [0.15, 0.2) is 10.1 Å². The monoisotopic (exact) mass is 211 g/mol. The Morgan fingerprint density at radius 2 is 1.67 bits per heavy atom. The highest BCUT2D eigenvalue weighted by Gasteiger charge is 2.43. The number of rotatable bonds is 2. The van der Waals surface area contributed by atoms with E-state index in [4.69, 9.17) is 4.94 Å². The molecule has 0 bridgehead atoms. The highest BCUT2D eigenvalue weighted by molar-refractivity contribution is 5.39. The number of nitrogens with zero attached hydrogens (tertiary/aromatic N) is 3. The molecule has 0 aromatic carbocycles. The molecule has 0 aliphatic carbocycles. The van der Waals surface area contributed by atoms with Crippen LogP contribution in [0.5, 0.6) is 0 Å². The van der Waals surface area contributed by atoms with Crippen molar-refractivity contribution in [3.63, 3.8) is 0 Å². The van der Waals surface area contributed by atoms with Crippen LogP contribution in [0.1, 0.15) is 47.0 Å². The molecule has 15 heavy (non-hydrogen) atoms. The van der Waals surface area contributed by atoms with Gasteiger partial charge in [-0.2, -0.15) is 0 Å². The molecule has 1 rings (SSSR count). The first-order valence-electron chi connectivity index (χ1n) is 5.41. The van der Waals surface area contributed by atoms with E-state index in [0.717, 1.165) is 12.8 Å². The minimum Gasteiger partial charge on any atom is -0.286 e. The van der Waals surface area contributed by atoms with Crippen molar-refractivity contribution in [2.24, 2.45) is 10.1 Å². The minimum absolute atomic E-state index is 0.0146. The second-order valence-electron chi connectivity index (χ2n) is 5.27. The summed E-state index contributed by atoms with van der Waals surface area (Å²) in [6, 6.07) is 2.46. The smallest absolute Gasteiger partial charge is 0.137 e. The summed E-state index contributed by atoms with van der Waals surface area (Å²) in [4.78, 5) is 9.05. The van der Waals surface area contributed by atoms with Gasteiger partial charge < -0.3 is 0 Å². The molecule has 1 heterocycles. The third-order valence-electron chi connectivity index (χ3n) is 2.94. The predicted molar refractivity (Wildman–Crippen MR) is 60.7 cm³/mol. The number of hydrogen-bond acceptors (Lipinski definition) is 4. The average Bonchev–Trinajstić information content (AvgIpc) is 2.09. The Morgan fingerprint density at radius 3 is 2.13 bits per heavy atom. The van der Waals surface area contributed by atoms with Gasteiger partial charge in [0, 0.05) is 12.2 Å². The van der Waals surface area contributed by atoms with Crippen molar-refractivity contribution in [2.45, 2.75) is 58.0 Å². The highest BCUT2D eigenvalue weighted by atomic mass is 16.8. The number of hydroxylamine groups is 2. The third kappa shape index (κ3) is 2.80. The van der Waals surface area contributed by atoms with Crippen LogP contribution in [0.25, 0.3) is 0 Å². The van der Waals surface area contributed by atoms with E-state index >= 15 is 0 Å². The largest absolute Gasteiger partial charge is 0.286 e. The minimum atomic E-state index is 0.0146. The van der Waals surface area contributed by atoms with Crippen LogP contribution in [0.4, 0.5) is 0 Å². The molecule has 0 unspecified atom stereocenters. The lowest BCUT2D eigenvalue weighted by Crippen LogP contribution is -2.57. The van der Waals surface area contributed by atoms with Gasteiger partial charge in [-0.25, -0.2) is 4.99 Å². The van der Waals surface area contributed by atoms with E-state index in [-0.39, 0.29) is 11.1 Å². The van der Waals surface area contributed by atoms with E-state index in [1.54, 1.807) is 7.05 Å². The summed E-state index contributed by atoms with van der Waals surface area (Å²) >= 11 is 0. The summed E-state index contributed by atoms with van der Waals surface area (Å²) in [5.74, 6) is 0. The Bertz CT molecular complexity index is 262. The molecule has 4 nitrogen and oxygen atoms in total. The SMILES string of the molecule is CN=C=NON1C(C)(C)CCCC1(C)C. The quantitative estimate of drug-likeness (QED) is 0.520. The Balaban J connectivity index is 2.81. The summed E-state index contributed by atoms with van der Waals surface area (Å²) < 4.78 is 0. The molecular weight excluding hydrogens is 190 g/mol.